The smallest absolute Gasteiger partial charge is 0.0263 e. The van der Waals surface area contributed by atoms with Crippen molar-refractivity contribution < 1.29 is 0 Å². The third-order valence-corrected chi connectivity index (χ3v) is 2.94. The second-order valence-corrected chi connectivity index (χ2v) is 4.81. The van der Waals surface area contributed by atoms with E-state index in [-0.39, 0.29) is 0 Å². The summed E-state index contributed by atoms with van der Waals surface area (Å²) in [5.41, 5.74) is 1.42. The molecule has 0 nitrogen and oxygen atoms in total. The van der Waals surface area contributed by atoms with E-state index in [1.165, 1.54) is 24.8 Å². The van der Waals surface area contributed by atoms with Gasteiger partial charge in [-0.3, -0.25) is 0 Å². The summed E-state index contributed by atoms with van der Waals surface area (Å²) in [6.07, 6.45) is 3.88. The number of allylic oxidation sites excluding steroid dienone is 1. The third-order valence-electron chi connectivity index (χ3n) is 2.94. The van der Waals surface area contributed by atoms with Crippen LogP contribution >= 0.6 is 0 Å². The van der Waals surface area contributed by atoms with Crippen molar-refractivity contribution in [2.75, 3.05) is 0 Å². The summed E-state index contributed by atoms with van der Waals surface area (Å²) in [4.78, 5) is 0. The zero-order chi connectivity index (χ0) is 10.4. The normalized spacial score (nSPS) is 13.8. The number of rotatable bonds is 6. The monoisotopic (exact) mass is 182 g/mol. The highest BCUT2D eigenvalue weighted by Gasteiger charge is 2.14. The van der Waals surface area contributed by atoms with Crippen molar-refractivity contribution in [3.63, 3.8) is 0 Å². The molecule has 0 saturated heterocycles. The van der Waals surface area contributed by atoms with Crippen molar-refractivity contribution in [1.29, 1.82) is 0 Å². The van der Waals surface area contributed by atoms with Gasteiger partial charge < -0.3 is 0 Å². The molecule has 0 aliphatic heterocycles. The maximum absolute atomic E-state index is 4.16. The highest BCUT2D eigenvalue weighted by Crippen LogP contribution is 2.26. The van der Waals surface area contributed by atoms with Gasteiger partial charge in [-0.25, -0.2) is 0 Å². The van der Waals surface area contributed by atoms with Gasteiger partial charge in [-0.1, -0.05) is 59.6 Å². The molecule has 0 aliphatic carbocycles. The predicted molar refractivity (Wildman–Crippen MR) is 61.8 cm³/mol. The standard InChI is InChI=1S/C13H26/c1-7-8-13(11(4)5)9-12(6)10(2)3/h10-11,13H,6-9H2,1-5H3. The van der Waals surface area contributed by atoms with Crippen LogP contribution in [0.15, 0.2) is 12.2 Å². The van der Waals surface area contributed by atoms with Gasteiger partial charge in [0.25, 0.3) is 0 Å². The lowest BCUT2D eigenvalue weighted by Crippen LogP contribution is -2.11. The average molecular weight is 182 g/mol. The molecule has 0 rings (SSSR count). The first-order valence-electron chi connectivity index (χ1n) is 5.66. The molecule has 0 aliphatic rings. The predicted octanol–water partition coefficient (Wildman–Crippen LogP) is 4.66. The van der Waals surface area contributed by atoms with Gasteiger partial charge in [0.05, 0.1) is 0 Å². The van der Waals surface area contributed by atoms with Gasteiger partial charge >= 0.3 is 0 Å². The fourth-order valence-electron chi connectivity index (χ4n) is 1.61. The van der Waals surface area contributed by atoms with Crippen LogP contribution in [0, 0.1) is 17.8 Å². The van der Waals surface area contributed by atoms with Crippen molar-refractivity contribution >= 4 is 0 Å². The molecule has 0 amide bonds. The van der Waals surface area contributed by atoms with Crippen LogP contribution in [0.4, 0.5) is 0 Å². The molecule has 78 valence electrons. The SMILES string of the molecule is C=C(CC(CCC)C(C)C)C(C)C. The highest BCUT2D eigenvalue weighted by atomic mass is 14.2. The zero-order valence-corrected chi connectivity index (χ0v) is 10.1. The molecule has 13 heavy (non-hydrogen) atoms. The lowest BCUT2D eigenvalue weighted by Gasteiger charge is -2.22. The third kappa shape index (κ3) is 5.13. The summed E-state index contributed by atoms with van der Waals surface area (Å²) < 4.78 is 0. The second-order valence-electron chi connectivity index (χ2n) is 4.81. The minimum absolute atomic E-state index is 0.651. The Hall–Kier alpha value is -0.260. The summed E-state index contributed by atoms with van der Waals surface area (Å²) in [5.74, 6) is 2.30. The van der Waals surface area contributed by atoms with Gasteiger partial charge in [0.2, 0.25) is 0 Å². The molecular formula is C13H26. The van der Waals surface area contributed by atoms with Crippen LogP contribution in [-0.4, -0.2) is 0 Å². The Morgan fingerprint density at radius 3 is 2.00 bits per heavy atom. The molecule has 0 heterocycles. The molecular weight excluding hydrogens is 156 g/mol. The van der Waals surface area contributed by atoms with Crippen LogP contribution in [0.25, 0.3) is 0 Å². The Balaban J connectivity index is 4.02. The topological polar surface area (TPSA) is 0 Å². The van der Waals surface area contributed by atoms with Gasteiger partial charge in [-0.2, -0.15) is 0 Å². The molecule has 0 N–H and O–H groups in total. The van der Waals surface area contributed by atoms with Crippen molar-refractivity contribution in [3.8, 4) is 0 Å². The van der Waals surface area contributed by atoms with E-state index in [4.69, 9.17) is 0 Å². The summed E-state index contributed by atoms with van der Waals surface area (Å²) in [6.45, 7) is 15.6. The quantitative estimate of drug-likeness (QED) is 0.524. The van der Waals surface area contributed by atoms with E-state index in [2.05, 4.69) is 41.2 Å². The van der Waals surface area contributed by atoms with Gasteiger partial charge in [-0.05, 0) is 24.2 Å². The molecule has 1 atom stereocenters. The average Bonchev–Trinajstić information content (AvgIpc) is 2.03. The molecule has 0 fully saturated rings. The Kier molecular flexibility index (Phi) is 6.11. The zero-order valence-electron chi connectivity index (χ0n) is 10.1. The summed E-state index contributed by atoms with van der Waals surface area (Å²) in [5, 5.41) is 0. The summed E-state index contributed by atoms with van der Waals surface area (Å²) in [7, 11) is 0. The second kappa shape index (κ2) is 6.23. The van der Waals surface area contributed by atoms with E-state index < -0.39 is 0 Å². The fraction of sp³-hybridized carbons (Fsp3) is 0.846. The van der Waals surface area contributed by atoms with Crippen molar-refractivity contribution in [1.82, 2.24) is 0 Å². The van der Waals surface area contributed by atoms with Crippen LogP contribution in [-0.2, 0) is 0 Å². The molecule has 1 unspecified atom stereocenters. The van der Waals surface area contributed by atoms with E-state index >= 15 is 0 Å². The summed E-state index contributed by atoms with van der Waals surface area (Å²) >= 11 is 0. The molecule has 0 aromatic rings. The first-order valence-corrected chi connectivity index (χ1v) is 5.66. The van der Waals surface area contributed by atoms with E-state index in [9.17, 15) is 0 Å². The number of hydrogen-bond acceptors (Lipinski definition) is 0. The van der Waals surface area contributed by atoms with Gasteiger partial charge in [0.1, 0.15) is 0 Å². The maximum atomic E-state index is 4.16. The van der Waals surface area contributed by atoms with Crippen LogP contribution in [0.2, 0.25) is 0 Å². The van der Waals surface area contributed by atoms with Crippen molar-refractivity contribution in [2.45, 2.75) is 53.9 Å². The minimum Gasteiger partial charge on any atom is -0.0996 e. The van der Waals surface area contributed by atoms with E-state index in [1.807, 2.05) is 0 Å². The van der Waals surface area contributed by atoms with E-state index in [0.29, 0.717) is 5.92 Å². The van der Waals surface area contributed by atoms with Crippen LogP contribution in [0.1, 0.15) is 53.9 Å². The first kappa shape index (κ1) is 12.7. The molecule has 0 bridgehead atoms. The molecule has 0 radical (unpaired) electrons. The largest absolute Gasteiger partial charge is 0.0996 e. The van der Waals surface area contributed by atoms with Gasteiger partial charge in [-0.15, -0.1) is 0 Å². The molecule has 0 saturated carbocycles. The Morgan fingerprint density at radius 2 is 1.69 bits per heavy atom. The minimum atomic E-state index is 0.651. The van der Waals surface area contributed by atoms with E-state index in [1.54, 1.807) is 0 Å². The molecule has 0 aromatic carbocycles. The molecule has 0 spiro atoms. The fourth-order valence-corrected chi connectivity index (χ4v) is 1.61. The molecule has 0 heteroatoms. The Morgan fingerprint density at radius 1 is 1.15 bits per heavy atom. The van der Waals surface area contributed by atoms with Crippen LogP contribution < -0.4 is 0 Å². The highest BCUT2D eigenvalue weighted by molar-refractivity contribution is 4.99. The van der Waals surface area contributed by atoms with Gasteiger partial charge in [0, 0.05) is 0 Å². The van der Waals surface area contributed by atoms with Crippen LogP contribution in [0.5, 0.6) is 0 Å². The first-order chi connectivity index (χ1) is 5.99. The van der Waals surface area contributed by atoms with E-state index in [0.717, 1.165) is 11.8 Å². The maximum Gasteiger partial charge on any atom is -0.0263 e. The van der Waals surface area contributed by atoms with Crippen LogP contribution in [0.3, 0.4) is 0 Å². The van der Waals surface area contributed by atoms with Gasteiger partial charge in [0.15, 0.2) is 0 Å². The van der Waals surface area contributed by atoms with Crippen molar-refractivity contribution in [2.24, 2.45) is 17.8 Å². The number of hydrogen-bond donors (Lipinski definition) is 0. The Labute approximate surface area is 84.4 Å². The molecule has 0 aromatic heterocycles. The summed E-state index contributed by atoms with van der Waals surface area (Å²) in [6, 6.07) is 0. The Bertz CT molecular complexity index is 142. The lowest BCUT2D eigenvalue weighted by atomic mass is 9.83. The lowest BCUT2D eigenvalue weighted by molar-refractivity contribution is 0.346. The van der Waals surface area contributed by atoms with Crippen molar-refractivity contribution in [3.05, 3.63) is 12.2 Å².